The van der Waals surface area contributed by atoms with Crippen molar-refractivity contribution in [2.75, 3.05) is 0 Å². The van der Waals surface area contributed by atoms with Crippen molar-refractivity contribution in [3.8, 4) is 33.9 Å². The number of benzene rings is 5. The molecule has 6 aromatic rings. The van der Waals surface area contributed by atoms with E-state index < -0.39 is 0 Å². The summed E-state index contributed by atoms with van der Waals surface area (Å²) >= 11 is 6.34. The molecule has 3 nitrogen and oxygen atoms in total. The fourth-order valence-electron chi connectivity index (χ4n) is 4.23. The lowest BCUT2D eigenvalue weighted by Gasteiger charge is -2.09. The molecule has 0 unspecified atom stereocenters. The molecule has 6 rings (SSSR count). The Morgan fingerprint density at radius 1 is 0.424 bits per heavy atom. The Morgan fingerprint density at radius 2 is 1.06 bits per heavy atom. The van der Waals surface area contributed by atoms with Gasteiger partial charge in [-0.2, -0.15) is 9.97 Å². The molecular formula is C29H18ClN3. The molecule has 0 aliphatic carbocycles. The van der Waals surface area contributed by atoms with Gasteiger partial charge in [0.2, 0.25) is 5.28 Å². The van der Waals surface area contributed by atoms with Crippen LogP contribution in [0.1, 0.15) is 0 Å². The van der Waals surface area contributed by atoms with E-state index in [-0.39, 0.29) is 5.28 Å². The summed E-state index contributed by atoms with van der Waals surface area (Å²) < 4.78 is 0. The molecule has 0 aliphatic rings. The highest BCUT2D eigenvalue weighted by Crippen LogP contribution is 2.30. The molecule has 0 N–H and O–H groups in total. The van der Waals surface area contributed by atoms with E-state index in [1.54, 1.807) is 0 Å². The molecule has 1 heterocycles. The van der Waals surface area contributed by atoms with Crippen LogP contribution in [0.2, 0.25) is 5.28 Å². The maximum atomic E-state index is 6.34. The van der Waals surface area contributed by atoms with E-state index in [1.165, 1.54) is 16.2 Å². The average Bonchev–Trinajstić information content (AvgIpc) is 2.88. The van der Waals surface area contributed by atoms with Crippen LogP contribution in [0.4, 0.5) is 0 Å². The van der Waals surface area contributed by atoms with Crippen molar-refractivity contribution >= 4 is 33.1 Å². The largest absolute Gasteiger partial charge is 0.226 e. The van der Waals surface area contributed by atoms with Gasteiger partial charge < -0.3 is 0 Å². The average molecular weight is 444 g/mol. The molecule has 0 bridgehead atoms. The van der Waals surface area contributed by atoms with E-state index in [0.717, 1.165) is 27.6 Å². The van der Waals surface area contributed by atoms with Crippen LogP contribution < -0.4 is 0 Å². The molecule has 1 aromatic heterocycles. The number of hydrogen-bond donors (Lipinski definition) is 0. The van der Waals surface area contributed by atoms with Crippen LogP contribution in [0, 0.1) is 0 Å². The zero-order valence-corrected chi connectivity index (χ0v) is 18.4. The van der Waals surface area contributed by atoms with E-state index >= 15 is 0 Å². The van der Waals surface area contributed by atoms with E-state index in [4.69, 9.17) is 16.6 Å². The predicted octanol–water partition coefficient (Wildman–Crippen LogP) is 7.83. The third-order valence-electron chi connectivity index (χ3n) is 5.84. The molecular weight excluding hydrogens is 426 g/mol. The SMILES string of the molecule is Clc1nc(-c2cccc(-c3ccccc3)c2)nc(-c2ccc3c(ccc4ccccc43)c2)n1. The first-order chi connectivity index (χ1) is 16.2. The number of nitrogens with zero attached hydrogens (tertiary/aromatic N) is 3. The first kappa shape index (κ1) is 19.6. The Kier molecular flexibility index (Phi) is 4.82. The maximum absolute atomic E-state index is 6.34. The Hall–Kier alpha value is -4.08. The monoisotopic (exact) mass is 443 g/mol. The van der Waals surface area contributed by atoms with Crippen LogP contribution in [-0.4, -0.2) is 15.0 Å². The molecule has 156 valence electrons. The minimum absolute atomic E-state index is 0.179. The number of aromatic nitrogens is 3. The van der Waals surface area contributed by atoms with Gasteiger partial charge in [-0.15, -0.1) is 0 Å². The summed E-state index contributed by atoms with van der Waals surface area (Å²) in [6, 6.07) is 37.4. The van der Waals surface area contributed by atoms with Crippen LogP contribution in [-0.2, 0) is 0 Å². The van der Waals surface area contributed by atoms with Crippen molar-refractivity contribution in [1.82, 2.24) is 15.0 Å². The zero-order chi connectivity index (χ0) is 22.2. The molecule has 33 heavy (non-hydrogen) atoms. The smallest absolute Gasteiger partial charge is 0.208 e. The quantitative estimate of drug-likeness (QED) is 0.261. The van der Waals surface area contributed by atoms with E-state index in [1.807, 2.05) is 36.4 Å². The first-order valence-electron chi connectivity index (χ1n) is 10.7. The summed E-state index contributed by atoms with van der Waals surface area (Å²) in [4.78, 5) is 13.6. The standard InChI is InChI=1S/C29H18ClN3/c30-29-32-27(23-11-6-10-21(17-23)19-7-2-1-3-8-19)31-28(33-29)24-15-16-26-22(18-24)14-13-20-9-4-5-12-25(20)26/h1-18H. The van der Waals surface area contributed by atoms with E-state index in [0.29, 0.717) is 11.6 Å². The summed E-state index contributed by atoms with van der Waals surface area (Å²) in [5, 5.41) is 4.97. The Labute approximate surface area is 196 Å². The number of fused-ring (bicyclic) bond motifs is 3. The van der Waals surface area contributed by atoms with E-state index in [2.05, 4.69) is 82.8 Å². The first-order valence-corrected chi connectivity index (χ1v) is 11.1. The minimum Gasteiger partial charge on any atom is -0.208 e. The van der Waals surface area contributed by atoms with Crippen LogP contribution in [0.15, 0.2) is 109 Å². The van der Waals surface area contributed by atoms with Crippen LogP contribution >= 0.6 is 11.6 Å². The second-order valence-corrected chi connectivity index (χ2v) is 8.26. The number of rotatable bonds is 3. The van der Waals surface area contributed by atoms with Gasteiger partial charge in [-0.25, -0.2) is 4.98 Å². The highest BCUT2D eigenvalue weighted by atomic mass is 35.5. The summed E-state index contributed by atoms with van der Waals surface area (Å²) in [5.41, 5.74) is 4.04. The second kappa shape index (κ2) is 8.12. The molecule has 0 spiro atoms. The predicted molar refractivity (Wildman–Crippen MR) is 136 cm³/mol. The van der Waals surface area contributed by atoms with Gasteiger partial charge in [-0.05, 0) is 56.4 Å². The molecule has 5 aromatic carbocycles. The molecule has 0 amide bonds. The lowest BCUT2D eigenvalue weighted by atomic mass is 10.00. The van der Waals surface area contributed by atoms with Crippen molar-refractivity contribution in [3.63, 3.8) is 0 Å². The van der Waals surface area contributed by atoms with Crippen molar-refractivity contribution in [1.29, 1.82) is 0 Å². The Balaban J connectivity index is 1.45. The van der Waals surface area contributed by atoms with Crippen molar-refractivity contribution in [2.24, 2.45) is 0 Å². The fourth-order valence-corrected chi connectivity index (χ4v) is 4.39. The van der Waals surface area contributed by atoms with Gasteiger partial charge in [0.1, 0.15) is 0 Å². The summed E-state index contributed by atoms with van der Waals surface area (Å²) in [6.45, 7) is 0. The molecule has 0 atom stereocenters. The topological polar surface area (TPSA) is 38.7 Å². The van der Waals surface area contributed by atoms with Crippen LogP contribution in [0.3, 0.4) is 0 Å². The van der Waals surface area contributed by atoms with Crippen molar-refractivity contribution in [2.45, 2.75) is 0 Å². The van der Waals surface area contributed by atoms with Gasteiger partial charge >= 0.3 is 0 Å². The molecule has 0 saturated carbocycles. The van der Waals surface area contributed by atoms with Crippen molar-refractivity contribution < 1.29 is 0 Å². The molecule has 4 heteroatoms. The third kappa shape index (κ3) is 3.73. The maximum Gasteiger partial charge on any atom is 0.226 e. The summed E-state index contributed by atoms with van der Waals surface area (Å²) in [7, 11) is 0. The van der Waals surface area contributed by atoms with Crippen LogP contribution in [0.5, 0.6) is 0 Å². The number of halogens is 1. The molecule has 0 saturated heterocycles. The zero-order valence-electron chi connectivity index (χ0n) is 17.6. The summed E-state index contributed by atoms with van der Waals surface area (Å²) in [6.07, 6.45) is 0. The van der Waals surface area contributed by atoms with Gasteiger partial charge in [0.25, 0.3) is 0 Å². The molecule has 0 radical (unpaired) electrons. The van der Waals surface area contributed by atoms with E-state index in [9.17, 15) is 0 Å². The molecule has 0 aliphatic heterocycles. The third-order valence-corrected chi connectivity index (χ3v) is 6.01. The summed E-state index contributed by atoms with van der Waals surface area (Å²) in [5.74, 6) is 1.12. The normalized spacial score (nSPS) is 11.2. The second-order valence-electron chi connectivity index (χ2n) is 7.92. The number of hydrogen-bond acceptors (Lipinski definition) is 3. The highest BCUT2D eigenvalue weighted by Gasteiger charge is 2.11. The van der Waals surface area contributed by atoms with Crippen molar-refractivity contribution in [3.05, 3.63) is 114 Å². The van der Waals surface area contributed by atoms with Gasteiger partial charge in [0.05, 0.1) is 0 Å². The fraction of sp³-hybridized carbons (Fsp3) is 0. The molecule has 0 fully saturated rings. The lowest BCUT2D eigenvalue weighted by Crippen LogP contribution is -1.97. The lowest BCUT2D eigenvalue weighted by molar-refractivity contribution is 1.07. The minimum atomic E-state index is 0.179. The van der Waals surface area contributed by atoms with Gasteiger partial charge in [0.15, 0.2) is 11.6 Å². The van der Waals surface area contributed by atoms with Gasteiger partial charge in [-0.3, -0.25) is 0 Å². The Bertz CT molecular complexity index is 1630. The Morgan fingerprint density at radius 3 is 1.91 bits per heavy atom. The van der Waals surface area contributed by atoms with Gasteiger partial charge in [-0.1, -0.05) is 97.1 Å². The van der Waals surface area contributed by atoms with Crippen LogP contribution in [0.25, 0.3) is 55.4 Å². The highest BCUT2D eigenvalue weighted by molar-refractivity contribution is 6.28. The van der Waals surface area contributed by atoms with Gasteiger partial charge in [0, 0.05) is 11.1 Å².